The van der Waals surface area contributed by atoms with E-state index < -0.39 is 18.2 Å². The molecule has 0 aliphatic carbocycles. The van der Waals surface area contributed by atoms with Crippen LogP contribution in [0.25, 0.3) is 10.8 Å². The maximum Gasteiger partial charge on any atom is 0.334 e. The van der Waals surface area contributed by atoms with Crippen LogP contribution in [0.2, 0.25) is 0 Å². The monoisotopic (exact) mass is 587 g/mol. The van der Waals surface area contributed by atoms with Gasteiger partial charge in [-0.05, 0) is 39.6 Å². The summed E-state index contributed by atoms with van der Waals surface area (Å²) < 4.78 is 0. The summed E-state index contributed by atoms with van der Waals surface area (Å²) in [6.45, 7) is 0.617. The minimum Gasteiger partial charge on any atom is -0.508 e. The molecule has 0 aromatic heterocycles. The molecule has 2 atom stereocenters. The second-order valence-electron chi connectivity index (χ2n) is 11.0. The van der Waals surface area contributed by atoms with Crippen LogP contribution in [0.3, 0.4) is 0 Å². The first-order chi connectivity index (χ1) is 21.4. The maximum absolute atomic E-state index is 14.2. The molecule has 2 aliphatic rings. The molecule has 2 heterocycles. The van der Waals surface area contributed by atoms with Crippen LogP contribution in [0.15, 0.2) is 97.1 Å². The number of rotatable bonds is 7. The highest BCUT2D eigenvalue weighted by atomic mass is 16.3. The lowest BCUT2D eigenvalue weighted by Crippen LogP contribution is -2.76. The van der Waals surface area contributed by atoms with E-state index in [4.69, 9.17) is 6.42 Å². The van der Waals surface area contributed by atoms with Crippen molar-refractivity contribution >= 4 is 28.6 Å². The lowest BCUT2D eigenvalue weighted by Gasteiger charge is -2.55. The average molecular weight is 588 g/mol. The molecule has 2 saturated heterocycles. The van der Waals surface area contributed by atoms with Crippen molar-refractivity contribution in [2.75, 3.05) is 19.6 Å². The first-order valence-corrected chi connectivity index (χ1v) is 14.6. The smallest absolute Gasteiger partial charge is 0.334 e. The van der Waals surface area contributed by atoms with Crippen LogP contribution in [0.4, 0.5) is 4.79 Å². The summed E-state index contributed by atoms with van der Waals surface area (Å²) in [4.78, 5) is 45.2. The van der Waals surface area contributed by atoms with E-state index in [-0.39, 0.29) is 50.2 Å². The van der Waals surface area contributed by atoms with Crippen LogP contribution in [0, 0.1) is 12.3 Å². The molecule has 2 fully saturated rings. The van der Waals surface area contributed by atoms with Crippen LogP contribution < -0.4 is 5.32 Å². The molecule has 9 heteroatoms. The molecule has 0 radical (unpaired) electrons. The first kappa shape index (κ1) is 28.8. The Kier molecular flexibility index (Phi) is 8.17. The maximum atomic E-state index is 14.2. The number of fused-ring (bicyclic) bond motifs is 2. The quantitative estimate of drug-likeness (QED) is 0.322. The molecule has 0 spiro atoms. The topological polar surface area (TPSA) is 96.4 Å². The average Bonchev–Trinajstić information content (AvgIpc) is 3.03. The number of nitrogens with zero attached hydrogens (tertiary/aromatic N) is 4. The molecule has 6 rings (SSSR count). The Hall–Kier alpha value is -5.33. The Morgan fingerprint density at radius 3 is 2.41 bits per heavy atom. The normalized spacial score (nSPS) is 18.7. The number of hydrogen-bond acceptors (Lipinski definition) is 5. The highest BCUT2D eigenvalue weighted by Gasteiger charge is 2.51. The van der Waals surface area contributed by atoms with E-state index in [0.29, 0.717) is 6.54 Å². The van der Waals surface area contributed by atoms with Crippen LogP contribution in [0.1, 0.15) is 16.7 Å². The number of nitrogens with one attached hydrogen (secondary N) is 1. The number of carbonyl (C=O) groups is 3. The number of carbonyl (C=O) groups excluding carboxylic acids is 3. The van der Waals surface area contributed by atoms with E-state index in [9.17, 15) is 19.5 Å². The zero-order valence-corrected chi connectivity index (χ0v) is 24.2. The van der Waals surface area contributed by atoms with E-state index in [1.165, 1.54) is 5.01 Å². The second kappa shape index (κ2) is 12.5. The molecule has 9 nitrogen and oxygen atoms in total. The van der Waals surface area contributed by atoms with Gasteiger partial charge in [0.2, 0.25) is 11.8 Å². The van der Waals surface area contributed by atoms with Gasteiger partial charge in [-0.25, -0.2) is 9.80 Å². The first-order valence-electron chi connectivity index (χ1n) is 14.6. The Bertz CT molecular complexity index is 1710. The Morgan fingerprint density at radius 1 is 0.909 bits per heavy atom. The Balaban J connectivity index is 1.37. The molecule has 4 amide bonds. The zero-order valence-electron chi connectivity index (χ0n) is 24.2. The van der Waals surface area contributed by atoms with Gasteiger partial charge in [-0.2, -0.15) is 5.01 Å². The molecule has 4 aromatic carbocycles. The fourth-order valence-corrected chi connectivity index (χ4v) is 6.13. The summed E-state index contributed by atoms with van der Waals surface area (Å²) in [6.07, 6.45) is 5.13. The fourth-order valence-electron chi connectivity index (χ4n) is 6.13. The predicted octanol–water partition coefficient (Wildman–Crippen LogP) is 3.73. The second-order valence-corrected chi connectivity index (χ2v) is 11.0. The number of phenolic OH excluding ortho intramolecular Hbond substituents is 1. The van der Waals surface area contributed by atoms with Crippen LogP contribution in [-0.2, 0) is 29.1 Å². The van der Waals surface area contributed by atoms with E-state index in [1.807, 2.05) is 72.8 Å². The predicted molar refractivity (Wildman–Crippen MR) is 167 cm³/mol. The fraction of sp³-hybridized carbons (Fsp3) is 0.229. The molecule has 4 aromatic rings. The van der Waals surface area contributed by atoms with E-state index >= 15 is 0 Å². The molecule has 2 unspecified atom stereocenters. The highest BCUT2D eigenvalue weighted by molar-refractivity contribution is 5.92. The summed E-state index contributed by atoms with van der Waals surface area (Å²) in [5, 5.41) is 18.0. The minimum atomic E-state index is -0.863. The van der Waals surface area contributed by atoms with Gasteiger partial charge < -0.3 is 20.2 Å². The standard InChI is InChI=1S/C35H33N5O4/c1-2-19-38-24-33(42)39-31(20-25-15-17-29(41)18-16-25)34(43)37(22-28-13-8-12-27-11-6-7-14-30(27)28)23-32(39)40(38)35(44)36-21-26-9-4-3-5-10-26/h1,3-18,31-32,41H,19-24H2,(H,36,44). The van der Waals surface area contributed by atoms with Crippen molar-refractivity contribution in [2.24, 2.45) is 0 Å². The summed E-state index contributed by atoms with van der Waals surface area (Å²) in [5.41, 5.74) is 2.68. The molecule has 2 N–H and O–H groups in total. The van der Waals surface area contributed by atoms with Gasteiger partial charge in [0.25, 0.3) is 0 Å². The molecule has 2 aliphatic heterocycles. The van der Waals surface area contributed by atoms with Gasteiger partial charge in [0.1, 0.15) is 18.0 Å². The van der Waals surface area contributed by atoms with Crippen molar-refractivity contribution < 1.29 is 19.5 Å². The van der Waals surface area contributed by atoms with E-state index in [1.54, 1.807) is 39.1 Å². The molecule has 0 bridgehead atoms. The van der Waals surface area contributed by atoms with Crippen LogP contribution >= 0.6 is 0 Å². The molecular formula is C35H33N5O4. The summed E-state index contributed by atoms with van der Waals surface area (Å²) >= 11 is 0. The van der Waals surface area contributed by atoms with E-state index in [2.05, 4.69) is 11.2 Å². The highest BCUT2D eigenvalue weighted by Crippen LogP contribution is 2.30. The number of aromatic hydroxyl groups is 1. The van der Waals surface area contributed by atoms with Crippen molar-refractivity contribution in [2.45, 2.75) is 31.7 Å². The third-order valence-corrected chi connectivity index (χ3v) is 8.21. The molecule has 44 heavy (non-hydrogen) atoms. The van der Waals surface area contributed by atoms with Gasteiger partial charge in [-0.1, -0.05) is 90.8 Å². The molecule has 222 valence electrons. The zero-order chi connectivity index (χ0) is 30.6. The van der Waals surface area contributed by atoms with Gasteiger partial charge in [0.15, 0.2) is 0 Å². The lowest BCUT2D eigenvalue weighted by molar-refractivity contribution is -0.189. The van der Waals surface area contributed by atoms with Crippen molar-refractivity contribution in [1.82, 2.24) is 25.1 Å². The number of piperazine rings is 1. The Morgan fingerprint density at radius 2 is 1.64 bits per heavy atom. The largest absolute Gasteiger partial charge is 0.508 e. The number of terminal acetylenes is 1. The van der Waals surface area contributed by atoms with Gasteiger partial charge in [0.05, 0.1) is 19.6 Å². The van der Waals surface area contributed by atoms with Gasteiger partial charge in [-0.15, -0.1) is 6.42 Å². The number of urea groups is 1. The van der Waals surface area contributed by atoms with Crippen molar-refractivity contribution in [3.05, 3.63) is 114 Å². The number of amides is 4. The van der Waals surface area contributed by atoms with Crippen LogP contribution in [0.5, 0.6) is 5.75 Å². The van der Waals surface area contributed by atoms with Crippen LogP contribution in [-0.4, -0.2) is 74.6 Å². The molecular weight excluding hydrogens is 554 g/mol. The van der Waals surface area contributed by atoms with E-state index in [0.717, 1.165) is 27.5 Å². The Labute approximate surface area is 256 Å². The lowest BCUT2D eigenvalue weighted by atomic mass is 9.97. The summed E-state index contributed by atoms with van der Waals surface area (Å²) in [6, 6.07) is 28.9. The molecule has 0 saturated carbocycles. The third kappa shape index (κ3) is 5.80. The number of phenols is 1. The summed E-state index contributed by atoms with van der Waals surface area (Å²) in [7, 11) is 0. The number of benzene rings is 4. The third-order valence-electron chi connectivity index (χ3n) is 8.21. The summed E-state index contributed by atoms with van der Waals surface area (Å²) in [5.74, 6) is 2.21. The number of hydrogen-bond donors (Lipinski definition) is 2. The van der Waals surface area contributed by atoms with Gasteiger partial charge in [-0.3, -0.25) is 9.59 Å². The SMILES string of the molecule is C#CCN1CC(=O)N2C(Cc3ccc(O)cc3)C(=O)N(Cc3cccc4ccccc34)CC2N1C(=O)NCc1ccccc1. The van der Waals surface area contributed by atoms with Crippen molar-refractivity contribution in [3.8, 4) is 18.1 Å². The van der Waals surface area contributed by atoms with Crippen molar-refractivity contribution in [3.63, 3.8) is 0 Å². The van der Waals surface area contributed by atoms with Crippen molar-refractivity contribution in [1.29, 1.82) is 0 Å². The van der Waals surface area contributed by atoms with Gasteiger partial charge >= 0.3 is 6.03 Å². The number of hydrazine groups is 1. The van der Waals surface area contributed by atoms with Gasteiger partial charge in [0, 0.05) is 19.5 Å². The minimum absolute atomic E-state index is 0.0503.